The van der Waals surface area contributed by atoms with Crippen LogP contribution in [0.4, 0.5) is 5.00 Å². The van der Waals surface area contributed by atoms with E-state index in [1.165, 1.54) is 35.0 Å². The Morgan fingerprint density at radius 3 is 2.94 bits per heavy atom. The highest BCUT2D eigenvalue weighted by atomic mass is 32.2. The van der Waals surface area contributed by atoms with Crippen LogP contribution >= 0.6 is 23.3 Å². The summed E-state index contributed by atoms with van der Waals surface area (Å²) >= 11 is 3.63. The average molecular weight is 279 g/mol. The minimum atomic E-state index is 1.01. The molecular weight excluding hydrogens is 262 g/mol. The van der Waals surface area contributed by atoms with E-state index in [0.717, 1.165) is 18.6 Å². The van der Waals surface area contributed by atoms with Crippen LogP contribution in [0.25, 0.3) is 10.9 Å². The summed E-state index contributed by atoms with van der Waals surface area (Å²) in [6.45, 7) is 4.61. The molecule has 2 heterocycles. The molecule has 1 aliphatic rings. The molecule has 1 aromatic carbocycles. The Morgan fingerprint density at radius 2 is 2.06 bits per heavy atom. The van der Waals surface area contributed by atoms with E-state index in [2.05, 4.69) is 44.6 Å². The number of hydrogen-bond acceptors (Lipinski definition) is 5. The molecule has 2 aromatic rings. The van der Waals surface area contributed by atoms with Crippen LogP contribution in [0.3, 0.4) is 0 Å². The first kappa shape index (κ1) is 12.3. The van der Waals surface area contributed by atoms with Crippen molar-refractivity contribution in [3.8, 4) is 0 Å². The standard InChI is InChI=1S/C13H17N3S2/c1-2-4-12-11(3-1)13(18-15-12)14-5-6-16-7-9-17-10-8-16/h1-4,14H,5-10H2. The van der Waals surface area contributed by atoms with Crippen LogP contribution in [0.5, 0.6) is 0 Å². The Hall–Kier alpha value is -0.780. The fourth-order valence-corrected chi connectivity index (χ4v) is 3.93. The van der Waals surface area contributed by atoms with E-state index < -0.39 is 0 Å². The van der Waals surface area contributed by atoms with Crippen molar-refractivity contribution in [2.75, 3.05) is 43.0 Å². The first-order valence-corrected chi connectivity index (χ1v) is 8.25. The number of fused-ring (bicyclic) bond motifs is 1. The second-order valence-corrected chi connectivity index (χ2v) is 6.41. The van der Waals surface area contributed by atoms with Gasteiger partial charge in [0.25, 0.3) is 0 Å². The molecule has 0 saturated carbocycles. The molecule has 1 aliphatic heterocycles. The van der Waals surface area contributed by atoms with Gasteiger partial charge in [-0.25, -0.2) is 0 Å². The van der Waals surface area contributed by atoms with Gasteiger partial charge in [0.05, 0.1) is 5.52 Å². The number of benzene rings is 1. The summed E-state index contributed by atoms with van der Waals surface area (Å²) < 4.78 is 4.45. The third-order valence-electron chi connectivity index (χ3n) is 3.20. The highest BCUT2D eigenvalue weighted by molar-refractivity contribution is 7.99. The molecule has 3 nitrogen and oxygen atoms in total. The van der Waals surface area contributed by atoms with E-state index in [1.54, 1.807) is 11.5 Å². The highest BCUT2D eigenvalue weighted by Crippen LogP contribution is 2.26. The molecule has 0 radical (unpaired) electrons. The maximum atomic E-state index is 4.45. The third kappa shape index (κ3) is 2.79. The largest absolute Gasteiger partial charge is 0.374 e. The molecule has 96 valence electrons. The van der Waals surface area contributed by atoms with Gasteiger partial charge in [-0.1, -0.05) is 12.1 Å². The Morgan fingerprint density at radius 1 is 1.22 bits per heavy atom. The van der Waals surface area contributed by atoms with Gasteiger partial charge in [-0.05, 0) is 23.7 Å². The summed E-state index contributed by atoms with van der Waals surface area (Å²) in [5.74, 6) is 2.56. The molecule has 1 aromatic heterocycles. The summed E-state index contributed by atoms with van der Waals surface area (Å²) in [5.41, 5.74) is 1.10. The van der Waals surface area contributed by atoms with Gasteiger partial charge in [0.2, 0.25) is 0 Å². The van der Waals surface area contributed by atoms with Crippen LogP contribution < -0.4 is 5.32 Å². The molecule has 5 heteroatoms. The van der Waals surface area contributed by atoms with E-state index in [9.17, 15) is 0 Å². The second kappa shape index (κ2) is 5.91. The smallest absolute Gasteiger partial charge is 0.117 e. The second-order valence-electron chi connectivity index (χ2n) is 4.41. The van der Waals surface area contributed by atoms with Crippen molar-refractivity contribution in [1.29, 1.82) is 0 Å². The number of nitrogens with zero attached hydrogens (tertiary/aromatic N) is 2. The van der Waals surface area contributed by atoms with Gasteiger partial charge < -0.3 is 5.32 Å². The summed E-state index contributed by atoms with van der Waals surface area (Å²) in [4.78, 5) is 2.53. The summed E-state index contributed by atoms with van der Waals surface area (Å²) in [5, 5.41) is 5.97. The van der Waals surface area contributed by atoms with Crippen molar-refractivity contribution >= 4 is 39.2 Å². The average Bonchev–Trinajstić information content (AvgIpc) is 2.84. The van der Waals surface area contributed by atoms with Gasteiger partial charge in [-0.2, -0.15) is 16.1 Å². The summed E-state index contributed by atoms with van der Waals surface area (Å²) in [6, 6.07) is 8.32. The SMILES string of the molecule is c1ccc2c(NCCN3CCSCC3)snc2c1. The fourth-order valence-electron chi connectivity index (χ4n) is 2.17. The maximum Gasteiger partial charge on any atom is 0.117 e. The van der Waals surface area contributed by atoms with Gasteiger partial charge in [0, 0.05) is 43.1 Å². The van der Waals surface area contributed by atoms with Gasteiger partial charge in [-0.15, -0.1) is 0 Å². The van der Waals surface area contributed by atoms with Gasteiger partial charge in [0.15, 0.2) is 0 Å². The lowest BCUT2D eigenvalue weighted by Crippen LogP contribution is -2.36. The normalized spacial score (nSPS) is 17.1. The Labute approximate surface area is 116 Å². The number of anilines is 1. The molecule has 3 rings (SSSR count). The summed E-state index contributed by atoms with van der Waals surface area (Å²) in [7, 11) is 0. The van der Waals surface area contributed by atoms with Crippen LogP contribution in [0.2, 0.25) is 0 Å². The van der Waals surface area contributed by atoms with Gasteiger partial charge in [-0.3, -0.25) is 4.90 Å². The molecule has 0 unspecified atom stereocenters. The van der Waals surface area contributed by atoms with Crippen LogP contribution in [-0.2, 0) is 0 Å². The van der Waals surface area contributed by atoms with E-state index in [0.29, 0.717) is 0 Å². The monoisotopic (exact) mass is 279 g/mol. The van der Waals surface area contributed by atoms with Crippen LogP contribution in [-0.4, -0.2) is 47.0 Å². The predicted octanol–water partition coefficient (Wildman–Crippen LogP) is 2.76. The van der Waals surface area contributed by atoms with Gasteiger partial charge >= 0.3 is 0 Å². The quantitative estimate of drug-likeness (QED) is 0.931. The van der Waals surface area contributed by atoms with Crippen molar-refractivity contribution in [2.45, 2.75) is 0 Å². The molecular formula is C13H17N3S2. The zero-order chi connectivity index (χ0) is 12.2. The van der Waals surface area contributed by atoms with E-state index in [1.807, 2.05) is 6.07 Å². The highest BCUT2D eigenvalue weighted by Gasteiger charge is 2.10. The van der Waals surface area contributed by atoms with E-state index >= 15 is 0 Å². The zero-order valence-corrected chi connectivity index (χ0v) is 11.9. The minimum Gasteiger partial charge on any atom is -0.374 e. The van der Waals surface area contributed by atoms with E-state index in [-0.39, 0.29) is 0 Å². The lowest BCUT2D eigenvalue weighted by atomic mass is 10.2. The topological polar surface area (TPSA) is 28.2 Å². The zero-order valence-electron chi connectivity index (χ0n) is 10.3. The number of hydrogen-bond donors (Lipinski definition) is 1. The molecule has 1 fully saturated rings. The Bertz CT molecular complexity index is 506. The van der Waals surface area contributed by atoms with Crippen LogP contribution in [0.15, 0.2) is 24.3 Å². The van der Waals surface area contributed by atoms with Crippen molar-refractivity contribution in [3.63, 3.8) is 0 Å². The molecule has 0 aliphatic carbocycles. The number of rotatable bonds is 4. The first-order chi connectivity index (χ1) is 8.93. The van der Waals surface area contributed by atoms with Gasteiger partial charge in [0.1, 0.15) is 5.00 Å². The van der Waals surface area contributed by atoms with Crippen LogP contribution in [0, 0.1) is 0 Å². The lowest BCUT2D eigenvalue weighted by Gasteiger charge is -2.26. The molecule has 18 heavy (non-hydrogen) atoms. The molecule has 0 amide bonds. The van der Waals surface area contributed by atoms with Crippen molar-refractivity contribution in [1.82, 2.24) is 9.27 Å². The summed E-state index contributed by atoms with van der Waals surface area (Å²) in [6.07, 6.45) is 0. The first-order valence-electron chi connectivity index (χ1n) is 6.32. The van der Waals surface area contributed by atoms with Crippen molar-refractivity contribution in [2.24, 2.45) is 0 Å². The Kier molecular flexibility index (Phi) is 4.02. The molecule has 1 saturated heterocycles. The molecule has 0 atom stereocenters. The fraction of sp³-hybridized carbons (Fsp3) is 0.462. The predicted molar refractivity (Wildman–Crippen MR) is 81.9 cm³/mol. The molecule has 0 bridgehead atoms. The molecule has 0 spiro atoms. The minimum absolute atomic E-state index is 1.01. The van der Waals surface area contributed by atoms with Crippen molar-refractivity contribution in [3.05, 3.63) is 24.3 Å². The molecule has 1 N–H and O–H groups in total. The number of thioether (sulfide) groups is 1. The number of nitrogens with one attached hydrogen (secondary N) is 1. The number of aromatic nitrogens is 1. The lowest BCUT2D eigenvalue weighted by molar-refractivity contribution is 0.314. The van der Waals surface area contributed by atoms with Crippen LogP contribution in [0.1, 0.15) is 0 Å². The van der Waals surface area contributed by atoms with E-state index in [4.69, 9.17) is 0 Å². The Balaban J connectivity index is 1.56. The third-order valence-corrected chi connectivity index (χ3v) is 4.98. The maximum absolute atomic E-state index is 4.45. The van der Waals surface area contributed by atoms with Crippen molar-refractivity contribution < 1.29 is 0 Å².